The summed E-state index contributed by atoms with van der Waals surface area (Å²) in [7, 11) is 4.25. The number of nitrogens with zero attached hydrogens (tertiary/aromatic N) is 3. The quantitative estimate of drug-likeness (QED) is 0.824. The molecule has 1 aliphatic rings. The largest absolute Gasteiger partial charge is 0.317 e. The second-order valence-corrected chi connectivity index (χ2v) is 5.15. The standard InChI is InChI=1S/C13H24N4/c1-16(11-12-3-7-14-8-4-12)10-6-13-5-9-15-17(13)2/h5,9,12,14H,3-4,6-8,10-11H2,1-2H3. The Morgan fingerprint density at radius 2 is 2.24 bits per heavy atom. The van der Waals surface area contributed by atoms with Crippen molar-refractivity contribution in [1.82, 2.24) is 20.0 Å². The molecule has 0 atom stereocenters. The fraction of sp³-hybridized carbons (Fsp3) is 0.769. The van der Waals surface area contributed by atoms with Crippen LogP contribution in [0.15, 0.2) is 12.3 Å². The maximum absolute atomic E-state index is 4.20. The third-order valence-corrected chi connectivity index (χ3v) is 3.70. The Kier molecular flexibility index (Phi) is 4.57. The van der Waals surface area contributed by atoms with Crippen LogP contribution in [0.4, 0.5) is 0 Å². The van der Waals surface area contributed by atoms with E-state index >= 15 is 0 Å². The van der Waals surface area contributed by atoms with Gasteiger partial charge in [-0.1, -0.05) is 0 Å². The Balaban J connectivity index is 1.70. The molecule has 0 saturated carbocycles. The summed E-state index contributed by atoms with van der Waals surface area (Å²) in [5.74, 6) is 0.882. The van der Waals surface area contributed by atoms with Crippen molar-refractivity contribution >= 4 is 0 Å². The molecule has 0 amide bonds. The van der Waals surface area contributed by atoms with Crippen LogP contribution >= 0.6 is 0 Å². The van der Waals surface area contributed by atoms with Gasteiger partial charge in [0.25, 0.3) is 0 Å². The van der Waals surface area contributed by atoms with Crippen LogP contribution in [-0.4, -0.2) is 47.9 Å². The average molecular weight is 236 g/mol. The Morgan fingerprint density at radius 1 is 1.47 bits per heavy atom. The first-order chi connectivity index (χ1) is 8.25. The highest BCUT2D eigenvalue weighted by Gasteiger charge is 2.14. The molecule has 1 saturated heterocycles. The molecule has 17 heavy (non-hydrogen) atoms. The summed E-state index contributed by atoms with van der Waals surface area (Å²) in [6.45, 7) is 4.75. The van der Waals surface area contributed by atoms with E-state index in [9.17, 15) is 0 Å². The fourth-order valence-electron chi connectivity index (χ4n) is 2.55. The summed E-state index contributed by atoms with van der Waals surface area (Å²) in [6, 6.07) is 2.11. The van der Waals surface area contributed by atoms with Crippen molar-refractivity contribution in [2.24, 2.45) is 13.0 Å². The number of aryl methyl sites for hydroxylation is 1. The van der Waals surface area contributed by atoms with E-state index in [2.05, 4.69) is 28.4 Å². The van der Waals surface area contributed by atoms with Gasteiger partial charge in [-0.2, -0.15) is 5.10 Å². The molecular formula is C13H24N4. The van der Waals surface area contributed by atoms with E-state index in [1.807, 2.05) is 17.9 Å². The van der Waals surface area contributed by atoms with Gasteiger partial charge in [0.2, 0.25) is 0 Å². The molecule has 0 aromatic carbocycles. The molecule has 0 aliphatic carbocycles. The van der Waals surface area contributed by atoms with Crippen molar-refractivity contribution in [2.75, 3.05) is 33.2 Å². The van der Waals surface area contributed by atoms with E-state index in [1.54, 1.807) is 0 Å². The summed E-state index contributed by atoms with van der Waals surface area (Å²) in [5.41, 5.74) is 1.32. The van der Waals surface area contributed by atoms with E-state index in [0.29, 0.717) is 0 Å². The number of piperidine rings is 1. The molecule has 4 nitrogen and oxygen atoms in total. The zero-order valence-corrected chi connectivity index (χ0v) is 11.0. The van der Waals surface area contributed by atoms with Crippen molar-refractivity contribution in [1.29, 1.82) is 0 Å². The van der Waals surface area contributed by atoms with Gasteiger partial charge in [0, 0.05) is 38.4 Å². The van der Waals surface area contributed by atoms with Crippen LogP contribution in [0.25, 0.3) is 0 Å². The lowest BCUT2D eigenvalue weighted by atomic mass is 9.97. The van der Waals surface area contributed by atoms with Crippen LogP contribution in [0.5, 0.6) is 0 Å². The van der Waals surface area contributed by atoms with Crippen LogP contribution in [0.2, 0.25) is 0 Å². The molecular weight excluding hydrogens is 212 g/mol. The number of likely N-dealkylation sites (N-methyl/N-ethyl adjacent to an activating group) is 1. The lowest BCUT2D eigenvalue weighted by molar-refractivity contribution is 0.241. The molecule has 4 heteroatoms. The minimum absolute atomic E-state index is 0.882. The minimum atomic E-state index is 0.882. The van der Waals surface area contributed by atoms with Gasteiger partial charge in [-0.15, -0.1) is 0 Å². The summed E-state index contributed by atoms with van der Waals surface area (Å²) in [6.07, 6.45) is 5.63. The van der Waals surface area contributed by atoms with Crippen molar-refractivity contribution in [2.45, 2.75) is 19.3 Å². The second-order valence-electron chi connectivity index (χ2n) is 5.15. The molecule has 1 aromatic heterocycles. The number of nitrogens with one attached hydrogen (secondary N) is 1. The number of aromatic nitrogens is 2. The van der Waals surface area contributed by atoms with E-state index in [1.165, 1.54) is 38.2 Å². The molecule has 0 spiro atoms. The third kappa shape index (κ3) is 3.82. The van der Waals surface area contributed by atoms with Gasteiger partial charge in [-0.3, -0.25) is 4.68 Å². The normalized spacial score (nSPS) is 17.8. The molecule has 0 unspecified atom stereocenters. The van der Waals surface area contributed by atoms with Crippen molar-refractivity contribution in [3.05, 3.63) is 18.0 Å². The Hall–Kier alpha value is -0.870. The molecule has 2 heterocycles. The predicted octanol–water partition coefficient (Wildman–Crippen LogP) is 0.894. The van der Waals surface area contributed by atoms with E-state index in [0.717, 1.165) is 18.9 Å². The highest BCUT2D eigenvalue weighted by atomic mass is 15.3. The van der Waals surface area contributed by atoms with Crippen molar-refractivity contribution in [3.8, 4) is 0 Å². The zero-order chi connectivity index (χ0) is 12.1. The summed E-state index contributed by atoms with van der Waals surface area (Å²) < 4.78 is 1.97. The molecule has 0 bridgehead atoms. The predicted molar refractivity (Wildman–Crippen MR) is 70.0 cm³/mol. The first-order valence-corrected chi connectivity index (χ1v) is 6.62. The SMILES string of the molecule is CN(CCc1ccnn1C)CC1CCNCC1. The number of hydrogen-bond donors (Lipinski definition) is 1. The lowest BCUT2D eigenvalue weighted by Gasteiger charge is -2.27. The highest BCUT2D eigenvalue weighted by molar-refractivity contribution is 5.00. The minimum Gasteiger partial charge on any atom is -0.317 e. The molecule has 1 N–H and O–H groups in total. The van der Waals surface area contributed by atoms with Crippen LogP contribution in [0.1, 0.15) is 18.5 Å². The molecule has 1 fully saturated rings. The monoisotopic (exact) mass is 236 g/mol. The van der Waals surface area contributed by atoms with Crippen LogP contribution in [0, 0.1) is 5.92 Å². The molecule has 2 rings (SSSR count). The van der Waals surface area contributed by atoms with Gasteiger partial charge < -0.3 is 10.2 Å². The zero-order valence-electron chi connectivity index (χ0n) is 11.0. The van der Waals surface area contributed by atoms with Crippen LogP contribution in [-0.2, 0) is 13.5 Å². The topological polar surface area (TPSA) is 33.1 Å². The molecule has 1 aromatic rings. The third-order valence-electron chi connectivity index (χ3n) is 3.70. The molecule has 96 valence electrons. The summed E-state index contributed by atoms with van der Waals surface area (Å²) >= 11 is 0. The Labute approximate surface area is 104 Å². The Morgan fingerprint density at radius 3 is 2.88 bits per heavy atom. The van der Waals surface area contributed by atoms with Gasteiger partial charge in [-0.05, 0) is 45.0 Å². The maximum atomic E-state index is 4.20. The smallest absolute Gasteiger partial charge is 0.0492 e. The number of hydrogen-bond acceptors (Lipinski definition) is 3. The van der Waals surface area contributed by atoms with E-state index in [-0.39, 0.29) is 0 Å². The first-order valence-electron chi connectivity index (χ1n) is 6.62. The first kappa shape index (κ1) is 12.6. The van der Waals surface area contributed by atoms with Crippen LogP contribution in [0.3, 0.4) is 0 Å². The highest BCUT2D eigenvalue weighted by Crippen LogP contribution is 2.12. The van der Waals surface area contributed by atoms with Crippen molar-refractivity contribution in [3.63, 3.8) is 0 Å². The maximum Gasteiger partial charge on any atom is 0.0492 e. The molecule has 1 aliphatic heterocycles. The van der Waals surface area contributed by atoms with Gasteiger partial charge in [0.1, 0.15) is 0 Å². The van der Waals surface area contributed by atoms with Gasteiger partial charge in [0.15, 0.2) is 0 Å². The van der Waals surface area contributed by atoms with E-state index < -0.39 is 0 Å². The van der Waals surface area contributed by atoms with Gasteiger partial charge >= 0.3 is 0 Å². The van der Waals surface area contributed by atoms with E-state index in [4.69, 9.17) is 0 Å². The second kappa shape index (κ2) is 6.17. The average Bonchev–Trinajstić information content (AvgIpc) is 2.74. The van der Waals surface area contributed by atoms with Gasteiger partial charge in [-0.25, -0.2) is 0 Å². The number of rotatable bonds is 5. The van der Waals surface area contributed by atoms with Crippen LogP contribution < -0.4 is 5.32 Å². The molecule has 0 radical (unpaired) electrons. The lowest BCUT2D eigenvalue weighted by Crippen LogP contribution is -2.35. The fourth-order valence-corrected chi connectivity index (χ4v) is 2.55. The summed E-state index contributed by atoms with van der Waals surface area (Å²) in [4.78, 5) is 2.46. The van der Waals surface area contributed by atoms with Gasteiger partial charge in [0.05, 0.1) is 0 Å². The Bertz CT molecular complexity index is 328. The van der Waals surface area contributed by atoms with Crippen molar-refractivity contribution < 1.29 is 0 Å². The summed E-state index contributed by atoms with van der Waals surface area (Å²) in [5, 5.41) is 7.62.